The summed E-state index contributed by atoms with van der Waals surface area (Å²) in [6.07, 6.45) is 2.61. The third-order valence-corrected chi connectivity index (χ3v) is 3.35. The molecule has 1 aromatic carbocycles. The number of aryl methyl sites for hydroxylation is 1. The molecule has 0 fully saturated rings. The number of hydrogen-bond donors (Lipinski definition) is 3. The Morgan fingerprint density at radius 3 is 2.86 bits per heavy atom. The molecule has 7 heteroatoms. The quantitative estimate of drug-likeness (QED) is 0.406. The van der Waals surface area contributed by atoms with E-state index in [1.165, 1.54) is 5.56 Å². The SMILES string of the molecule is C=CCNC(=S)NNC(=O)COc1ccc(CC)cc1Br. The summed E-state index contributed by atoms with van der Waals surface area (Å²) >= 11 is 8.35. The largest absolute Gasteiger partial charge is 0.483 e. The predicted molar refractivity (Wildman–Crippen MR) is 91.1 cm³/mol. The van der Waals surface area contributed by atoms with Crippen molar-refractivity contribution < 1.29 is 9.53 Å². The molecule has 0 radical (unpaired) electrons. The second-order valence-electron chi connectivity index (χ2n) is 4.08. The van der Waals surface area contributed by atoms with Crippen molar-refractivity contribution in [3.63, 3.8) is 0 Å². The molecule has 0 saturated carbocycles. The van der Waals surface area contributed by atoms with E-state index in [0.717, 1.165) is 10.9 Å². The average Bonchev–Trinajstić information content (AvgIpc) is 2.49. The van der Waals surface area contributed by atoms with Crippen LogP contribution < -0.4 is 20.9 Å². The van der Waals surface area contributed by atoms with E-state index < -0.39 is 0 Å². The lowest BCUT2D eigenvalue weighted by Gasteiger charge is -2.12. The molecule has 0 saturated heterocycles. The normalized spacial score (nSPS) is 9.62. The van der Waals surface area contributed by atoms with E-state index in [1.807, 2.05) is 18.2 Å². The molecule has 0 unspecified atom stereocenters. The van der Waals surface area contributed by atoms with Gasteiger partial charge in [-0.2, -0.15) is 0 Å². The molecule has 1 rings (SSSR count). The first-order valence-corrected chi connectivity index (χ1v) is 7.61. The Hall–Kier alpha value is -1.60. The molecular formula is C14H18BrN3O2S. The average molecular weight is 372 g/mol. The van der Waals surface area contributed by atoms with Gasteiger partial charge in [0.2, 0.25) is 0 Å². The molecule has 0 aliphatic rings. The summed E-state index contributed by atoms with van der Waals surface area (Å²) < 4.78 is 6.26. The Labute approximate surface area is 138 Å². The highest BCUT2D eigenvalue weighted by Crippen LogP contribution is 2.26. The van der Waals surface area contributed by atoms with Crippen molar-refractivity contribution >= 4 is 39.2 Å². The van der Waals surface area contributed by atoms with Crippen LogP contribution in [0.3, 0.4) is 0 Å². The van der Waals surface area contributed by atoms with Crippen molar-refractivity contribution in [3.05, 3.63) is 40.9 Å². The van der Waals surface area contributed by atoms with Gasteiger partial charge in [0.1, 0.15) is 5.75 Å². The van der Waals surface area contributed by atoms with Crippen LogP contribution in [-0.2, 0) is 11.2 Å². The summed E-state index contributed by atoms with van der Waals surface area (Å²) in [5, 5.41) is 3.14. The number of carbonyl (C=O) groups excluding carboxylic acids is 1. The third kappa shape index (κ3) is 6.59. The number of halogens is 1. The monoisotopic (exact) mass is 371 g/mol. The van der Waals surface area contributed by atoms with Gasteiger partial charge < -0.3 is 10.1 Å². The van der Waals surface area contributed by atoms with E-state index in [0.29, 0.717) is 17.4 Å². The minimum absolute atomic E-state index is 0.110. The van der Waals surface area contributed by atoms with Gasteiger partial charge in [-0.25, -0.2) is 0 Å². The molecule has 0 aromatic heterocycles. The number of carbonyl (C=O) groups is 1. The minimum atomic E-state index is -0.329. The van der Waals surface area contributed by atoms with Crippen LogP contribution in [0.25, 0.3) is 0 Å². The molecule has 0 bridgehead atoms. The van der Waals surface area contributed by atoms with Crippen LogP contribution in [-0.4, -0.2) is 24.2 Å². The van der Waals surface area contributed by atoms with Gasteiger partial charge in [0.15, 0.2) is 11.7 Å². The zero-order chi connectivity index (χ0) is 15.7. The highest BCUT2D eigenvalue weighted by atomic mass is 79.9. The lowest BCUT2D eigenvalue weighted by molar-refractivity contribution is -0.123. The zero-order valence-corrected chi connectivity index (χ0v) is 14.1. The van der Waals surface area contributed by atoms with Gasteiger partial charge in [-0.05, 0) is 52.3 Å². The first-order valence-electron chi connectivity index (χ1n) is 6.41. The molecule has 1 amide bonds. The van der Waals surface area contributed by atoms with E-state index in [-0.39, 0.29) is 12.5 Å². The van der Waals surface area contributed by atoms with E-state index in [1.54, 1.807) is 6.08 Å². The van der Waals surface area contributed by atoms with Crippen LogP contribution in [0.15, 0.2) is 35.3 Å². The van der Waals surface area contributed by atoms with Crippen LogP contribution in [0, 0.1) is 0 Å². The molecule has 21 heavy (non-hydrogen) atoms. The fourth-order valence-electron chi connectivity index (χ4n) is 1.40. The summed E-state index contributed by atoms with van der Waals surface area (Å²) in [5.41, 5.74) is 6.20. The van der Waals surface area contributed by atoms with Crippen molar-refractivity contribution in [2.45, 2.75) is 13.3 Å². The summed E-state index contributed by atoms with van der Waals surface area (Å²) in [7, 11) is 0. The fourth-order valence-corrected chi connectivity index (χ4v) is 2.07. The second-order valence-corrected chi connectivity index (χ2v) is 5.34. The molecule has 5 nitrogen and oxygen atoms in total. The lowest BCUT2D eigenvalue weighted by atomic mass is 10.2. The van der Waals surface area contributed by atoms with Gasteiger partial charge in [-0.15, -0.1) is 6.58 Å². The number of hydrogen-bond acceptors (Lipinski definition) is 3. The minimum Gasteiger partial charge on any atom is -0.483 e. The molecule has 114 valence electrons. The summed E-state index contributed by atoms with van der Waals surface area (Å²) in [5.74, 6) is 0.291. The predicted octanol–water partition coefficient (Wildman–Crippen LogP) is 2.07. The van der Waals surface area contributed by atoms with Gasteiger partial charge in [-0.3, -0.25) is 15.6 Å². The van der Waals surface area contributed by atoms with Gasteiger partial charge >= 0.3 is 0 Å². The Kier molecular flexibility index (Phi) is 7.78. The van der Waals surface area contributed by atoms with Gasteiger partial charge in [0, 0.05) is 6.54 Å². The molecule has 0 aliphatic carbocycles. The Morgan fingerprint density at radius 1 is 1.48 bits per heavy atom. The van der Waals surface area contributed by atoms with Crippen molar-refractivity contribution in [2.75, 3.05) is 13.2 Å². The zero-order valence-electron chi connectivity index (χ0n) is 11.7. The van der Waals surface area contributed by atoms with Gasteiger partial charge in [0.05, 0.1) is 4.47 Å². The lowest BCUT2D eigenvalue weighted by Crippen LogP contribution is -2.48. The van der Waals surface area contributed by atoms with Crippen LogP contribution in [0.1, 0.15) is 12.5 Å². The van der Waals surface area contributed by atoms with Crippen LogP contribution in [0.2, 0.25) is 0 Å². The number of nitrogens with one attached hydrogen (secondary N) is 3. The number of amides is 1. The maximum atomic E-state index is 11.6. The Morgan fingerprint density at radius 2 is 2.24 bits per heavy atom. The Bertz CT molecular complexity index is 523. The Balaban J connectivity index is 2.36. The number of rotatable bonds is 6. The van der Waals surface area contributed by atoms with Crippen LogP contribution in [0.4, 0.5) is 0 Å². The van der Waals surface area contributed by atoms with E-state index in [2.05, 4.69) is 45.6 Å². The number of benzene rings is 1. The van der Waals surface area contributed by atoms with Crippen LogP contribution >= 0.6 is 28.1 Å². The first-order chi connectivity index (χ1) is 10.1. The molecular weight excluding hydrogens is 354 g/mol. The topological polar surface area (TPSA) is 62.4 Å². The molecule has 3 N–H and O–H groups in total. The van der Waals surface area contributed by atoms with Crippen molar-refractivity contribution in [1.82, 2.24) is 16.2 Å². The number of hydrazine groups is 1. The van der Waals surface area contributed by atoms with Crippen molar-refractivity contribution in [1.29, 1.82) is 0 Å². The van der Waals surface area contributed by atoms with E-state index in [4.69, 9.17) is 17.0 Å². The summed E-state index contributed by atoms with van der Waals surface area (Å²) in [6.45, 7) is 6.04. The maximum absolute atomic E-state index is 11.6. The molecule has 0 spiro atoms. The third-order valence-electron chi connectivity index (χ3n) is 2.49. The molecule has 0 heterocycles. The number of thiocarbonyl (C=S) groups is 1. The van der Waals surface area contributed by atoms with Gasteiger partial charge in [-0.1, -0.05) is 19.1 Å². The molecule has 1 aromatic rings. The highest BCUT2D eigenvalue weighted by molar-refractivity contribution is 9.10. The molecule has 0 aliphatic heterocycles. The fraction of sp³-hybridized carbons (Fsp3) is 0.286. The van der Waals surface area contributed by atoms with Crippen LogP contribution in [0.5, 0.6) is 5.75 Å². The van der Waals surface area contributed by atoms with Gasteiger partial charge in [0.25, 0.3) is 5.91 Å². The van der Waals surface area contributed by atoms with Crippen molar-refractivity contribution in [2.24, 2.45) is 0 Å². The summed E-state index contributed by atoms with van der Waals surface area (Å²) in [6, 6.07) is 5.77. The standard InChI is InChI=1S/C14H18BrN3O2S/c1-3-7-16-14(21)18-17-13(19)9-20-12-6-5-10(4-2)8-11(12)15/h3,5-6,8H,1,4,7,9H2,2H3,(H,17,19)(H2,16,18,21). The maximum Gasteiger partial charge on any atom is 0.276 e. The molecule has 0 atom stereocenters. The number of ether oxygens (including phenoxy) is 1. The second kappa shape index (κ2) is 9.36. The van der Waals surface area contributed by atoms with Crippen molar-refractivity contribution in [3.8, 4) is 5.75 Å². The highest BCUT2D eigenvalue weighted by Gasteiger charge is 2.06. The smallest absolute Gasteiger partial charge is 0.276 e. The van der Waals surface area contributed by atoms with E-state index >= 15 is 0 Å². The first kappa shape index (κ1) is 17.5. The van der Waals surface area contributed by atoms with E-state index in [9.17, 15) is 4.79 Å². The summed E-state index contributed by atoms with van der Waals surface area (Å²) in [4.78, 5) is 11.6.